The van der Waals surface area contributed by atoms with E-state index in [1.807, 2.05) is 21.1 Å². The number of rotatable bonds is 45. The molecule has 350 valence electrons. The molecule has 0 aromatic carbocycles. The summed E-state index contributed by atoms with van der Waals surface area (Å²) in [5, 5.41) is 9.64. The maximum absolute atomic E-state index is 12.8. The molecular weight excluding hydrogens is 751 g/mol. The summed E-state index contributed by atoms with van der Waals surface area (Å²) in [6, 6.07) is -0.617. The second-order valence-corrected chi connectivity index (χ2v) is 18.1. The highest BCUT2D eigenvalue weighted by atomic mass is 16.6. The van der Waals surface area contributed by atoms with Crippen LogP contribution in [0.3, 0.4) is 0 Å². The highest BCUT2D eigenvalue weighted by molar-refractivity contribution is 5.72. The average Bonchev–Trinajstić information content (AvgIpc) is 3.21. The normalized spacial score (nSPS) is 13.2. The third-order valence-corrected chi connectivity index (χ3v) is 11.3. The molecule has 0 fully saturated rings. The average molecular weight is 847 g/mol. The topological polar surface area (TPSA) is 99.1 Å². The Morgan fingerprint density at radius 1 is 0.500 bits per heavy atom. The highest BCUT2D eigenvalue weighted by Gasteiger charge is 2.31. The van der Waals surface area contributed by atoms with Gasteiger partial charge in [0.15, 0.2) is 12.1 Å². The van der Waals surface area contributed by atoms with Gasteiger partial charge >= 0.3 is 17.9 Å². The largest absolute Gasteiger partial charge is 0.477 e. The second kappa shape index (κ2) is 43.2. The molecule has 0 aliphatic heterocycles. The quantitative estimate of drug-likeness (QED) is 0.0214. The molecule has 8 heteroatoms. The zero-order valence-electron chi connectivity index (χ0n) is 39.9. The molecule has 0 spiro atoms. The van der Waals surface area contributed by atoms with Gasteiger partial charge in [-0.2, -0.15) is 0 Å². The van der Waals surface area contributed by atoms with E-state index in [9.17, 15) is 19.5 Å². The SMILES string of the molecule is CCCCC/C=C/C=C/CCCCCCCCC(=O)OCC(COCCC(C(=O)O)[N+](C)(C)C)OC(=O)CCCCCCCCC/C=C/CCCCCCCCCCCC. The highest BCUT2D eigenvalue weighted by Crippen LogP contribution is 2.15. The Labute approximate surface area is 370 Å². The van der Waals surface area contributed by atoms with Crippen LogP contribution in [0.25, 0.3) is 0 Å². The van der Waals surface area contributed by atoms with E-state index in [0.717, 1.165) is 44.9 Å². The molecule has 60 heavy (non-hydrogen) atoms. The lowest BCUT2D eigenvalue weighted by Crippen LogP contribution is -2.50. The van der Waals surface area contributed by atoms with Gasteiger partial charge in [-0.25, -0.2) is 4.79 Å². The summed E-state index contributed by atoms with van der Waals surface area (Å²) in [4.78, 5) is 37.1. The van der Waals surface area contributed by atoms with Crippen molar-refractivity contribution in [2.75, 3.05) is 41.0 Å². The van der Waals surface area contributed by atoms with E-state index in [2.05, 4.69) is 50.3 Å². The van der Waals surface area contributed by atoms with E-state index in [0.29, 0.717) is 19.3 Å². The summed E-state index contributed by atoms with van der Waals surface area (Å²) in [7, 11) is 5.53. The standard InChI is InChI=1S/C52H95NO7/c1-6-8-10-12-14-16-18-20-22-23-24-25-26-27-29-31-33-35-37-39-41-43-51(55)60-48(46-58-45-44-49(52(56)57)53(3,4)5)47-59-50(54)42-40-38-36-34-32-30-28-21-19-17-15-13-11-9-7-2/h15,17,19,21,25-26,48-49H,6-14,16,18,20,22-24,27-47H2,1-5H3/p+1/b17-15+,21-19+,26-25+. The van der Waals surface area contributed by atoms with Crippen molar-refractivity contribution in [2.24, 2.45) is 0 Å². The number of allylic oxidation sites excluding steroid dienone is 6. The summed E-state index contributed by atoms with van der Waals surface area (Å²) in [5.74, 6) is -1.48. The van der Waals surface area contributed by atoms with Crippen molar-refractivity contribution in [3.05, 3.63) is 36.5 Å². The van der Waals surface area contributed by atoms with Crippen LogP contribution in [0.15, 0.2) is 36.5 Å². The van der Waals surface area contributed by atoms with Gasteiger partial charge in [0.05, 0.1) is 34.4 Å². The molecule has 0 aromatic heterocycles. The van der Waals surface area contributed by atoms with Crippen LogP contribution in [0.1, 0.15) is 226 Å². The zero-order valence-corrected chi connectivity index (χ0v) is 39.9. The minimum absolute atomic E-state index is 0.0570. The van der Waals surface area contributed by atoms with Crippen LogP contribution >= 0.6 is 0 Å². The molecule has 0 aromatic rings. The van der Waals surface area contributed by atoms with Gasteiger partial charge in [-0.05, 0) is 64.2 Å². The minimum Gasteiger partial charge on any atom is -0.477 e. The van der Waals surface area contributed by atoms with E-state index in [-0.39, 0.29) is 36.2 Å². The Balaban J connectivity index is 4.26. The van der Waals surface area contributed by atoms with Gasteiger partial charge in [-0.3, -0.25) is 9.59 Å². The first-order valence-electron chi connectivity index (χ1n) is 25.0. The lowest BCUT2D eigenvalue weighted by atomic mass is 10.1. The number of carboxylic acids is 1. The van der Waals surface area contributed by atoms with Crippen molar-refractivity contribution < 1.29 is 38.2 Å². The zero-order chi connectivity index (χ0) is 44.2. The Hall–Kier alpha value is -2.45. The van der Waals surface area contributed by atoms with Gasteiger partial charge in [-0.1, -0.05) is 179 Å². The Kier molecular flexibility index (Phi) is 41.4. The van der Waals surface area contributed by atoms with Crippen molar-refractivity contribution in [1.82, 2.24) is 0 Å². The molecule has 8 nitrogen and oxygen atoms in total. The molecule has 2 unspecified atom stereocenters. The van der Waals surface area contributed by atoms with E-state index >= 15 is 0 Å². The summed E-state index contributed by atoms with van der Waals surface area (Å²) in [5.41, 5.74) is 0. The van der Waals surface area contributed by atoms with Gasteiger partial charge in [0.1, 0.15) is 6.61 Å². The van der Waals surface area contributed by atoms with Crippen LogP contribution in [-0.4, -0.2) is 80.6 Å². The number of carbonyl (C=O) groups excluding carboxylic acids is 2. The third kappa shape index (κ3) is 40.9. The molecule has 1 N–H and O–H groups in total. The van der Waals surface area contributed by atoms with E-state index < -0.39 is 18.1 Å². The Bertz CT molecular complexity index is 1080. The first kappa shape index (κ1) is 57.5. The van der Waals surface area contributed by atoms with Crippen molar-refractivity contribution in [1.29, 1.82) is 0 Å². The molecule has 0 bridgehead atoms. The molecule has 0 saturated heterocycles. The number of quaternary nitrogens is 1. The number of likely N-dealkylation sites (N-methyl/N-ethyl adjacent to an activating group) is 1. The summed E-state index contributed by atoms with van der Waals surface area (Å²) >= 11 is 0. The summed E-state index contributed by atoms with van der Waals surface area (Å²) < 4.78 is 17.3. The monoisotopic (exact) mass is 847 g/mol. The van der Waals surface area contributed by atoms with Crippen LogP contribution < -0.4 is 0 Å². The van der Waals surface area contributed by atoms with Crippen molar-refractivity contribution in [2.45, 2.75) is 238 Å². The Morgan fingerprint density at radius 3 is 1.33 bits per heavy atom. The van der Waals surface area contributed by atoms with Crippen molar-refractivity contribution in [3.63, 3.8) is 0 Å². The second-order valence-electron chi connectivity index (χ2n) is 18.1. The van der Waals surface area contributed by atoms with Gasteiger partial charge in [-0.15, -0.1) is 0 Å². The van der Waals surface area contributed by atoms with E-state index in [1.54, 1.807) is 0 Å². The number of carbonyl (C=O) groups is 3. The number of ether oxygens (including phenoxy) is 3. The van der Waals surface area contributed by atoms with E-state index in [1.165, 1.54) is 148 Å². The Morgan fingerprint density at radius 2 is 0.883 bits per heavy atom. The fourth-order valence-electron chi connectivity index (χ4n) is 7.37. The maximum Gasteiger partial charge on any atom is 0.362 e. The van der Waals surface area contributed by atoms with Crippen molar-refractivity contribution in [3.8, 4) is 0 Å². The molecule has 2 atom stereocenters. The van der Waals surface area contributed by atoms with Gasteiger partial charge in [0, 0.05) is 19.3 Å². The van der Waals surface area contributed by atoms with Crippen molar-refractivity contribution >= 4 is 17.9 Å². The molecule has 0 rings (SSSR count). The predicted molar refractivity (Wildman–Crippen MR) is 252 cm³/mol. The number of carboxylic acid groups (broad SMARTS) is 1. The van der Waals surface area contributed by atoms with Gasteiger partial charge < -0.3 is 23.8 Å². The molecule has 0 amide bonds. The number of aliphatic carboxylic acids is 1. The molecule has 0 radical (unpaired) electrons. The number of nitrogens with zero attached hydrogens (tertiary/aromatic N) is 1. The fourth-order valence-corrected chi connectivity index (χ4v) is 7.37. The molecular formula is C52H96NO7+. The summed E-state index contributed by atoms with van der Waals surface area (Å²) in [6.45, 7) is 4.71. The van der Waals surface area contributed by atoms with Gasteiger partial charge in [0.25, 0.3) is 0 Å². The maximum atomic E-state index is 12.8. The van der Waals surface area contributed by atoms with Crippen LogP contribution in [-0.2, 0) is 28.6 Å². The first-order chi connectivity index (χ1) is 29.1. The third-order valence-electron chi connectivity index (χ3n) is 11.3. The van der Waals surface area contributed by atoms with Crippen LogP contribution in [0, 0.1) is 0 Å². The smallest absolute Gasteiger partial charge is 0.362 e. The molecule has 0 heterocycles. The fraction of sp³-hybridized carbons (Fsp3) is 0.827. The molecule has 0 aliphatic carbocycles. The molecule has 0 saturated carbocycles. The lowest BCUT2D eigenvalue weighted by molar-refractivity contribution is -0.887. The number of esters is 2. The van der Waals surface area contributed by atoms with E-state index in [4.69, 9.17) is 14.2 Å². The van der Waals surface area contributed by atoms with Crippen LogP contribution in [0.2, 0.25) is 0 Å². The van der Waals surface area contributed by atoms with Crippen LogP contribution in [0.5, 0.6) is 0 Å². The minimum atomic E-state index is -0.876. The predicted octanol–water partition coefficient (Wildman–Crippen LogP) is 14.2. The lowest BCUT2D eigenvalue weighted by Gasteiger charge is -2.31. The summed E-state index contributed by atoms with van der Waals surface area (Å²) in [6.07, 6.45) is 50.5. The molecule has 0 aliphatic rings. The number of hydrogen-bond acceptors (Lipinski definition) is 6. The first-order valence-corrected chi connectivity index (χ1v) is 25.0. The van der Waals surface area contributed by atoms with Gasteiger partial charge in [0.2, 0.25) is 0 Å². The number of unbranched alkanes of at least 4 members (excludes halogenated alkanes) is 26. The number of hydrogen-bond donors (Lipinski definition) is 1. The van der Waals surface area contributed by atoms with Crippen LogP contribution in [0.4, 0.5) is 0 Å².